The molecule has 0 saturated heterocycles. The zero-order valence-corrected chi connectivity index (χ0v) is 17.6. The first kappa shape index (κ1) is 20.3. The van der Waals surface area contributed by atoms with E-state index in [1.165, 1.54) is 16.3 Å². The van der Waals surface area contributed by atoms with Gasteiger partial charge in [0.05, 0.1) is 11.3 Å². The molecule has 152 valence electrons. The van der Waals surface area contributed by atoms with Crippen LogP contribution in [0.5, 0.6) is 0 Å². The molecule has 30 heavy (non-hydrogen) atoms. The number of para-hydroxylation sites is 2. The molecule has 4 rings (SSSR count). The van der Waals surface area contributed by atoms with Crippen molar-refractivity contribution in [2.75, 3.05) is 11.1 Å². The number of anilines is 1. The van der Waals surface area contributed by atoms with Crippen molar-refractivity contribution >= 4 is 62.6 Å². The first-order chi connectivity index (χ1) is 14.5. The highest BCUT2D eigenvalue weighted by atomic mass is 35.5. The number of hydrogen-bond acceptors (Lipinski definition) is 8. The molecule has 11 heteroatoms. The van der Waals surface area contributed by atoms with E-state index in [4.69, 9.17) is 16.0 Å². The Kier molecular flexibility index (Phi) is 5.98. The normalized spacial score (nSPS) is 11.0. The molecule has 4 aromatic rings. The molecule has 1 N–H and O–H groups in total. The van der Waals surface area contributed by atoms with Gasteiger partial charge >= 0.3 is 5.76 Å². The number of aromatic nitrogens is 3. The molecule has 2 heterocycles. The van der Waals surface area contributed by atoms with Crippen LogP contribution in [0.3, 0.4) is 0 Å². The van der Waals surface area contributed by atoms with Gasteiger partial charge in [-0.15, -0.1) is 10.2 Å². The van der Waals surface area contributed by atoms with Crippen molar-refractivity contribution in [1.82, 2.24) is 14.8 Å². The summed E-state index contributed by atoms with van der Waals surface area (Å²) in [4.78, 5) is 36.5. The Morgan fingerprint density at radius 2 is 1.90 bits per heavy atom. The van der Waals surface area contributed by atoms with Crippen molar-refractivity contribution in [3.05, 3.63) is 69.7 Å². The quantitative estimate of drug-likeness (QED) is 0.254. The maximum absolute atomic E-state index is 12.3. The molecule has 0 aliphatic carbocycles. The molecule has 0 aliphatic heterocycles. The number of ketones is 1. The van der Waals surface area contributed by atoms with Crippen LogP contribution in [0.15, 0.2) is 62.1 Å². The van der Waals surface area contributed by atoms with Gasteiger partial charge in [0.1, 0.15) is 6.54 Å². The molecule has 2 aromatic carbocycles. The van der Waals surface area contributed by atoms with Crippen molar-refractivity contribution in [3.8, 4) is 0 Å². The van der Waals surface area contributed by atoms with E-state index in [2.05, 4.69) is 15.5 Å². The third-order valence-corrected chi connectivity index (χ3v) is 6.25. The summed E-state index contributed by atoms with van der Waals surface area (Å²) in [5, 5.41) is 11.3. The molecular formula is C19H13ClN4O4S2. The summed E-state index contributed by atoms with van der Waals surface area (Å²) in [6.07, 6.45) is 0. The van der Waals surface area contributed by atoms with Crippen LogP contribution >= 0.6 is 34.7 Å². The lowest BCUT2D eigenvalue weighted by Gasteiger charge is -2.02. The van der Waals surface area contributed by atoms with Crippen LogP contribution in [0.25, 0.3) is 11.1 Å². The number of benzene rings is 2. The van der Waals surface area contributed by atoms with Gasteiger partial charge < -0.3 is 4.42 Å². The Hall–Kier alpha value is -2.95. The monoisotopic (exact) mass is 460 g/mol. The number of carbonyl (C=O) groups is 2. The maximum atomic E-state index is 12.3. The van der Waals surface area contributed by atoms with E-state index >= 15 is 0 Å². The second-order valence-corrected chi connectivity index (χ2v) is 8.70. The third-order valence-electron chi connectivity index (χ3n) is 4.02. The highest BCUT2D eigenvalue weighted by molar-refractivity contribution is 8.01. The fourth-order valence-electron chi connectivity index (χ4n) is 2.63. The summed E-state index contributed by atoms with van der Waals surface area (Å²) < 4.78 is 6.89. The van der Waals surface area contributed by atoms with Crippen LogP contribution in [0.1, 0.15) is 10.4 Å². The van der Waals surface area contributed by atoms with Gasteiger partial charge in [-0.2, -0.15) is 0 Å². The number of carbonyl (C=O) groups excluding carboxylic acids is 2. The number of rotatable bonds is 7. The van der Waals surface area contributed by atoms with E-state index in [9.17, 15) is 14.4 Å². The predicted molar refractivity (Wildman–Crippen MR) is 116 cm³/mol. The number of hydrogen-bond donors (Lipinski definition) is 1. The van der Waals surface area contributed by atoms with Crippen molar-refractivity contribution in [2.24, 2.45) is 0 Å². The van der Waals surface area contributed by atoms with E-state index in [1.54, 1.807) is 48.5 Å². The zero-order chi connectivity index (χ0) is 21.1. The SMILES string of the molecule is O=C(Cn1c(=O)oc2ccccc21)Nc1nnc(SCC(=O)c2ccc(Cl)cc2)s1. The van der Waals surface area contributed by atoms with Gasteiger partial charge in [-0.1, -0.05) is 46.8 Å². The molecule has 0 saturated carbocycles. The second-order valence-electron chi connectivity index (χ2n) is 6.06. The summed E-state index contributed by atoms with van der Waals surface area (Å²) in [7, 11) is 0. The molecule has 0 spiro atoms. The Balaban J connectivity index is 1.35. The van der Waals surface area contributed by atoms with Gasteiger partial charge in [-0.3, -0.25) is 19.5 Å². The van der Waals surface area contributed by atoms with Crippen LogP contribution < -0.4 is 11.1 Å². The number of Topliss-reactive ketones (excluding diaryl/α,β-unsaturated/α-hetero) is 1. The number of nitrogens with one attached hydrogen (secondary N) is 1. The smallest absolute Gasteiger partial charge is 0.408 e. The van der Waals surface area contributed by atoms with Crippen LogP contribution in [0.2, 0.25) is 5.02 Å². The fourth-order valence-corrected chi connectivity index (χ4v) is 4.42. The largest absolute Gasteiger partial charge is 0.420 e. The minimum atomic E-state index is -0.611. The van der Waals surface area contributed by atoms with Gasteiger partial charge in [-0.25, -0.2) is 4.79 Å². The van der Waals surface area contributed by atoms with Crippen LogP contribution in [0.4, 0.5) is 5.13 Å². The number of fused-ring (bicyclic) bond motifs is 1. The van der Waals surface area contributed by atoms with Crippen molar-refractivity contribution < 1.29 is 14.0 Å². The van der Waals surface area contributed by atoms with Crippen LogP contribution in [-0.4, -0.2) is 32.2 Å². The van der Waals surface area contributed by atoms with Gasteiger partial charge in [0.2, 0.25) is 11.0 Å². The van der Waals surface area contributed by atoms with Crippen LogP contribution in [-0.2, 0) is 11.3 Å². The Morgan fingerprint density at radius 1 is 1.13 bits per heavy atom. The minimum absolute atomic E-state index is 0.0661. The molecule has 0 aliphatic rings. The van der Waals surface area contributed by atoms with Crippen molar-refractivity contribution in [3.63, 3.8) is 0 Å². The Bertz CT molecular complexity index is 1280. The highest BCUT2D eigenvalue weighted by Crippen LogP contribution is 2.26. The number of amides is 1. The summed E-state index contributed by atoms with van der Waals surface area (Å²) in [5.74, 6) is -0.932. The Morgan fingerprint density at radius 3 is 2.70 bits per heavy atom. The third kappa shape index (κ3) is 4.61. The van der Waals surface area contributed by atoms with E-state index in [0.29, 0.717) is 26.0 Å². The number of thioether (sulfide) groups is 1. The first-order valence-electron chi connectivity index (χ1n) is 8.63. The molecule has 0 unspecified atom stereocenters. The summed E-state index contributed by atoms with van der Waals surface area (Å²) in [6, 6.07) is 13.5. The lowest BCUT2D eigenvalue weighted by atomic mass is 10.1. The summed E-state index contributed by atoms with van der Waals surface area (Å²) in [6.45, 7) is -0.215. The second kappa shape index (κ2) is 8.82. The molecule has 0 atom stereocenters. The molecule has 0 radical (unpaired) electrons. The maximum Gasteiger partial charge on any atom is 0.420 e. The summed E-state index contributed by atoms with van der Waals surface area (Å²) >= 11 is 8.20. The Labute approximate surface area is 182 Å². The van der Waals surface area contributed by atoms with Gasteiger partial charge in [0.15, 0.2) is 15.7 Å². The number of nitrogens with zero attached hydrogens (tertiary/aromatic N) is 3. The lowest BCUT2D eigenvalue weighted by Crippen LogP contribution is -2.24. The van der Waals surface area contributed by atoms with Gasteiger partial charge in [0, 0.05) is 10.6 Å². The van der Waals surface area contributed by atoms with E-state index in [0.717, 1.165) is 11.3 Å². The fraction of sp³-hybridized carbons (Fsp3) is 0.105. The molecule has 0 fully saturated rings. The van der Waals surface area contributed by atoms with Crippen LogP contribution in [0, 0.1) is 0 Å². The topological polar surface area (TPSA) is 107 Å². The molecule has 0 bridgehead atoms. The van der Waals surface area contributed by atoms with Gasteiger partial charge in [0.25, 0.3) is 0 Å². The zero-order valence-electron chi connectivity index (χ0n) is 15.2. The van der Waals surface area contributed by atoms with Crippen molar-refractivity contribution in [2.45, 2.75) is 10.9 Å². The molecule has 2 aromatic heterocycles. The van der Waals surface area contributed by atoms with E-state index in [-0.39, 0.29) is 23.2 Å². The highest BCUT2D eigenvalue weighted by Gasteiger charge is 2.15. The number of halogens is 1. The minimum Gasteiger partial charge on any atom is -0.408 e. The first-order valence-corrected chi connectivity index (χ1v) is 10.8. The molecular weight excluding hydrogens is 448 g/mol. The van der Waals surface area contributed by atoms with Gasteiger partial charge in [-0.05, 0) is 36.4 Å². The number of oxazole rings is 1. The molecule has 8 nitrogen and oxygen atoms in total. The lowest BCUT2D eigenvalue weighted by molar-refractivity contribution is -0.116. The van der Waals surface area contributed by atoms with E-state index < -0.39 is 11.7 Å². The standard InChI is InChI=1S/C19H13ClN4O4S2/c20-12-7-5-11(6-8-12)14(25)10-29-18-23-22-17(30-18)21-16(26)9-24-13-3-1-2-4-15(13)28-19(24)27/h1-8H,9-10H2,(H,21,22,26). The van der Waals surface area contributed by atoms with Crippen molar-refractivity contribution in [1.29, 1.82) is 0 Å². The molecule has 1 amide bonds. The average molecular weight is 461 g/mol. The average Bonchev–Trinajstić information content (AvgIpc) is 3.31. The summed E-state index contributed by atoms with van der Waals surface area (Å²) in [5.41, 5.74) is 1.50. The predicted octanol–water partition coefficient (Wildman–Crippen LogP) is 3.71. The van der Waals surface area contributed by atoms with E-state index in [1.807, 2.05) is 0 Å².